The standard InChI is InChI=1S/C15H10Br2FN3/c16-9-14-19-20-15(12-7-6-10(18)8-13(12)17)21(14)11-4-2-1-3-5-11/h1-8H,9H2. The minimum absolute atomic E-state index is 0.294. The van der Waals surface area contributed by atoms with Gasteiger partial charge in [-0.15, -0.1) is 10.2 Å². The Kier molecular flexibility index (Phi) is 4.17. The van der Waals surface area contributed by atoms with Gasteiger partial charge in [-0.3, -0.25) is 4.57 Å². The monoisotopic (exact) mass is 409 g/mol. The molecule has 0 aliphatic heterocycles. The van der Waals surface area contributed by atoms with Crippen LogP contribution in [0, 0.1) is 5.82 Å². The lowest BCUT2D eigenvalue weighted by atomic mass is 10.2. The highest BCUT2D eigenvalue weighted by atomic mass is 79.9. The molecule has 21 heavy (non-hydrogen) atoms. The molecular weight excluding hydrogens is 401 g/mol. The summed E-state index contributed by atoms with van der Waals surface area (Å²) in [4.78, 5) is 0. The van der Waals surface area contributed by atoms with Crippen LogP contribution in [0.3, 0.4) is 0 Å². The fourth-order valence-corrected chi connectivity index (χ4v) is 2.99. The Balaban J connectivity index is 2.22. The molecule has 0 saturated heterocycles. The molecule has 0 atom stereocenters. The Morgan fingerprint density at radius 1 is 1.05 bits per heavy atom. The minimum Gasteiger partial charge on any atom is -0.278 e. The molecule has 0 fully saturated rings. The number of rotatable bonds is 3. The minimum atomic E-state index is -0.294. The first kappa shape index (κ1) is 14.4. The molecule has 6 heteroatoms. The van der Waals surface area contributed by atoms with Gasteiger partial charge in [-0.05, 0) is 46.3 Å². The first-order chi connectivity index (χ1) is 10.2. The lowest BCUT2D eigenvalue weighted by Gasteiger charge is -2.10. The molecule has 106 valence electrons. The van der Waals surface area contributed by atoms with Crippen LogP contribution in [0.25, 0.3) is 17.1 Å². The third-order valence-corrected chi connectivity index (χ3v) is 4.19. The van der Waals surface area contributed by atoms with E-state index in [1.165, 1.54) is 12.1 Å². The van der Waals surface area contributed by atoms with E-state index in [4.69, 9.17) is 0 Å². The molecule has 0 spiro atoms. The van der Waals surface area contributed by atoms with Crippen molar-refractivity contribution in [1.82, 2.24) is 14.8 Å². The first-order valence-electron chi connectivity index (χ1n) is 6.22. The number of hydrogen-bond donors (Lipinski definition) is 0. The Hall–Kier alpha value is -1.53. The molecule has 3 aromatic rings. The molecule has 0 N–H and O–H groups in total. The number of halogens is 3. The van der Waals surface area contributed by atoms with Crippen LogP contribution in [0.4, 0.5) is 4.39 Å². The summed E-state index contributed by atoms with van der Waals surface area (Å²) in [7, 11) is 0. The predicted octanol–water partition coefficient (Wildman–Crippen LogP) is 4.73. The van der Waals surface area contributed by atoms with Gasteiger partial charge < -0.3 is 0 Å². The van der Waals surface area contributed by atoms with E-state index in [-0.39, 0.29) is 5.82 Å². The van der Waals surface area contributed by atoms with Crippen LogP contribution < -0.4 is 0 Å². The van der Waals surface area contributed by atoms with Gasteiger partial charge in [0.2, 0.25) is 0 Å². The summed E-state index contributed by atoms with van der Waals surface area (Å²) in [5, 5.41) is 9.03. The van der Waals surface area contributed by atoms with Gasteiger partial charge in [0.1, 0.15) is 11.6 Å². The summed E-state index contributed by atoms with van der Waals surface area (Å²) >= 11 is 6.82. The van der Waals surface area contributed by atoms with E-state index < -0.39 is 0 Å². The molecule has 0 unspecified atom stereocenters. The number of hydrogen-bond acceptors (Lipinski definition) is 2. The highest BCUT2D eigenvalue weighted by Crippen LogP contribution is 2.30. The fourth-order valence-electron chi connectivity index (χ4n) is 2.10. The molecule has 0 aliphatic carbocycles. The second-order valence-electron chi connectivity index (χ2n) is 4.37. The maximum atomic E-state index is 13.3. The van der Waals surface area contributed by atoms with Crippen LogP contribution in [0.5, 0.6) is 0 Å². The van der Waals surface area contributed by atoms with Gasteiger partial charge in [0.15, 0.2) is 5.82 Å². The summed E-state index contributed by atoms with van der Waals surface area (Å²) < 4.78 is 15.9. The summed E-state index contributed by atoms with van der Waals surface area (Å²) in [5.74, 6) is 1.16. The number of benzene rings is 2. The van der Waals surface area contributed by atoms with Gasteiger partial charge in [-0.2, -0.15) is 0 Å². The van der Waals surface area contributed by atoms with Crippen molar-refractivity contribution in [2.75, 3.05) is 0 Å². The molecular formula is C15H10Br2FN3. The van der Waals surface area contributed by atoms with E-state index in [2.05, 4.69) is 42.1 Å². The number of para-hydroxylation sites is 1. The van der Waals surface area contributed by atoms with Crippen LogP contribution in [0.15, 0.2) is 53.0 Å². The maximum absolute atomic E-state index is 13.3. The lowest BCUT2D eigenvalue weighted by Crippen LogP contribution is -2.01. The average molecular weight is 411 g/mol. The molecule has 0 amide bonds. The van der Waals surface area contributed by atoms with Crippen LogP contribution in [-0.4, -0.2) is 14.8 Å². The van der Waals surface area contributed by atoms with Crippen molar-refractivity contribution in [3.8, 4) is 17.1 Å². The molecule has 1 aromatic heterocycles. The van der Waals surface area contributed by atoms with E-state index in [1.54, 1.807) is 6.07 Å². The summed E-state index contributed by atoms with van der Waals surface area (Å²) in [6, 6.07) is 14.4. The number of alkyl halides is 1. The molecule has 0 saturated carbocycles. The van der Waals surface area contributed by atoms with Crippen molar-refractivity contribution in [3.63, 3.8) is 0 Å². The normalized spacial score (nSPS) is 10.8. The van der Waals surface area contributed by atoms with E-state index in [9.17, 15) is 4.39 Å². The van der Waals surface area contributed by atoms with Gasteiger partial charge in [-0.25, -0.2) is 4.39 Å². The third-order valence-electron chi connectivity index (χ3n) is 3.04. The van der Waals surface area contributed by atoms with Crippen molar-refractivity contribution in [2.45, 2.75) is 5.33 Å². The van der Waals surface area contributed by atoms with Gasteiger partial charge in [0.25, 0.3) is 0 Å². The molecule has 0 bridgehead atoms. The van der Waals surface area contributed by atoms with E-state index in [0.29, 0.717) is 15.6 Å². The van der Waals surface area contributed by atoms with Crippen molar-refractivity contribution in [3.05, 3.63) is 64.6 Å². The van der Waals surface area contributed by atoms with E-state index in [1.807, 2.05) is 34.9 Å². The Labute approximate surface area is 138 Å². The van der Waals surface area contributed by atoms with E-state index >= 15 is 0 Å². The van der Waals surface area contributed by atoms with Gasteiger partial charge in [0.05, 0.1) is 5.33 Å². The summed E-state index contributed by atoms with van der Waals surface area (Å²) in [6.07, 6.45) is 0. The SMILES string of the molecule is Fc1ccc(-c2nnc(CBr)n2-c2ccccc2)c(Br)c1. The van der Waals surface area contributed by atoms with Gasteiger partial charge >= 0.3 is 0 Å². The van der Waals surface area contributed by atoms with Gasteiger partial charge in [-0.1, -0.05) is 34.1 Å². The maximum Gasteiger partial charge on any atom is 0.169 e. The zero-order valence-corrected chi connectivity index (χ0v) is 14.0. The number of nitrogens with zero attached hydrogens (tertiary/aromatic N) is 3. The van der Waals surface area contributed by atoms with Gasteiger partial charge in [0, 0.05) is 15.7 Å². The first-order valence-corrected chi connectivity index (χ1v) is 8.13. The fraction of sp³-hybridized carbons (Fsp3) is 0.0667. The highest BCUT2D eigenvalue weighted by molar-refractivity contribution is 9.10. The Bertz CT molecular complexity index is 772. The van der Waals surface area contributed by atoms with Crippen LogP contribution in [-0.2, 0) is 5.33 Å². The van der Waals surface area contributed by atoms with Crippen molar-refractivity contribution in [1.29, 1.82) is 0 Å². The van der Waals surface area contributed by atoms with Crippen LogP contribution in [0.1, 0.15) is 5.82 Å². The summed E-state index contributed by atoms with van der Waals surface area (Å²) in [5.41, 5.74) is 1.75. The summed E-state index contributed by atoms with van der Waals surface area (Å²) in [6.45, 7) is 0. The topological polar surface area (TPSA) is 30.7 Å². The van der Waals surface area contributed by atoms with Crippen molar-refractivity contribution < 1.29 is 4.39 Å². The zero-order chi connectivity index (χ0) is 14.8. The Morgan fingerprint density at radius 2 is 1.81 bits per heavy atom. The average Bonchev–Trinajstić information content (AvgIpc) is 2.92. The Morgan fingerprint density at radius 3 is 2.48 bits per heavy atom. The molecule has 0 aliphatic rings. The third kappa shape index (κ3) is 2.78. The number of aromatic nitrogens is 3. The molecule has 0 radical (unpaired) electrons. The second-order valence-corrected chi connectivity index (χ2v) is 5.78. The second kappa shape index (κ2) is 6.07. The quantitative estimate of drug-likeness (QED) is 0.584. The van der Waals surface area contributed by atoms with E-state index in [0.717, 1.165) is 17.1 Å². The lowest BCUT2D eigenvalue weighted by molar-refractivity contribution is 0.627. The zero-order valence-electron chi connectivity index (χ0n) is 10.8. The largest absolute Gasteiger partial charge is 0.278 e. The predicted molar refractivity (Wildman–Crippen MR) is 87.1 cm³/mol. The highest BCUT2D eigenvalue weighted by Gasteiger charge is 2.17. The molecule has 1 heterocycles. The molecule has 3 rings (SSSR count). The smallest absolute Gasteiger partial charge is 0.169 e. The van der Waals surface area contributed by atoms with Crippen molar-refractivity contribution in [2.24, 2.45) is 0 Å². The molecule has 2 aromatic carbocycles. The van der Waals surface area contributed by atoms with Crippen molar-refractivity contribution >= 4 is 31.9 Å². The molecule has 3 nitrogen and oxygen atoms in total. The van der Waals surface area contributed by atoms with Crippen LogP contribution >= 0.6 is 31.9 Å². The van der Waals surface area contributed by atoms with Crippen LogP contribution in [0.2, 0.25) is 0 Å².